The van der Waals surface area contributed by atoms with E-state index in [-0.39, 0.29) is 24.0 Å². The molecule has 1 saturated heterocycles. The Balaban J connectivity index is 1.63. The average molecular weight is 343 g/mol. The highest BCUT2D eigenvalue weighted by molar-refractivity contribution is 5.74. The van der Waals surface area contributed by atoms with Gasteiger partial charge in [0.2, 0.25) is 0 Å². The van der Waals surface area contributed by atoms with Gasteiger partial charge in [-0.1, -0.05) is 18.2 Å². The van der Waals surface area contributed by atoms with Crippen LogP contribution in [0.15, 0.2) is 42.6 Å². The molecule has 132 valence electrons. The molecule has 25 heavy (non-hydrogen) atoms. The minimum atomic E-state index is -0.306. The molecule has 0 unspecified atom stereocenters. The molecule has 0 aliphatic carbocycles. The first-order chi connectivity index (χ1) is 12.1. The lowest BCUT2D eigenvalue weighted by atomic mass is 9.99. The van der Waals surface area contributed by atoms with Gasteiger partial charge in [-0.3, -0.25) is 4.98 Å². The Morgan fingerprint density at radius 1 is 1.32 bits per heavy atom. The minimum Gasteiger partial charge on any atom is -0.376 e. The third-order valence-electron chi connectivity index (χ3n) is 4.28. The predicted molar refractivity (Wildman–Crippen MR) is 92.5 cm³/mol. The topological polar surface area (TPSA) is 63.2 Å². The standard InChI is InChI=1S/C19H22FN3O2/c1-13-4-5-14(11-21-13)12-22-19(24)23-18(17-3-2-10-25-17)15-6-8-16(20)9-7-15/h4-9,11,17-18H,2-3,10,12H2,1H3,(H2,22,23,24)/t17-,18+/m1/s1. The van der Waals surface area contributed by atoms with Gasteiger partial charge in [0.25, 0.3) is 0 Å². The molecule has 6 heteroatoms. The van der Waals surface area contributed by atoms with Crippen molar-refractivity contribution in [2.75, 3.05) is 6.61 Å². The summed E-state index contributed by atoms with van der Waals surface area (Å²) < 4.78 is 18.9. The number of pyridine rings is 1. The number of nitrogens with one attached hydrogen (secondary N) is 2. The highest BCUT2D eigenvalue weighted by Gasteiger charge is 2.28. The molecule has 2 aromatic rings. The fraction of sp³-hybridized carbons (Fsp3) is 0.368. The molecule has 2 amide bonds. The van der Waals surface area contributed by atoms with Gasteiger partial charge < -0.3 is 15.4 Å². The zero-order chi connectivity index (χ0) is 17.6. The second-order valence-electron chi connectivity index (χ2n) is 6.22. The van der Waals surface area contributed by atoms with Gasteiger partial charge in [0.15, 0.2) is 0 Å². The Labute approximate surface area is 146 Å². The maximum Gasteiger partial charge on any atom is 0.315 e. The Morgan fingerprint density at radius 2 is 2.12 bits per heavy atom. The van der Waals surface area contributed by atoms with Crippen LogP contribution in [0.3, 0.4) is 0 Å². The quantitative estimate of drug-likeness (QED) is 0.876. The van der Waals surface area contributed by atoms with Gasteiger partial charge in [0, 0.05) is 25.0 Å². The van der Waals surface area contributed by atoms with Crippen molar-refractivity contribution in [1.29, 1.82) is 0 Å². The SMILES string of the molecule is Cc1ccc(CNC(=O)N[C@@H](c2ccc(F)cc2)[C@H]2CCCO2)cn1. The molecule has 0 bridgehead atoms. The van der Waals surface area contributed by atoms with Crippen LogP contribution >= 0.6 is 0 Å². The second kappa shape index (κ2) is 8.07. The number of ether oxygens (including phenoxy) is 1. The van der Waals surface area contributed by atoms with Gasteiger partial charge in [0.05, 0.1) is 12.1 Å². The first-order valence-corrected chi connectivity index (χ1v) is 8.45. The summed E-state index contributed by atoms with van der Waals surface area (Å²) in [6, 6.07) is 9.41. The maximum atomic E-state index is 13.2. The lowest BCUT2D eigenvalue weighted by molar-refractivity contribution is 0.0807. The highest BCUT2D eigenvalue weighted by atomic mass is 19.1. The summed E-state index contributed by atoms with van der Waals surface area (Å²) in [5, 5.41) is 5.79. The molecule has 0 spiro atoms. The van der Waals surface area contributed by atoms with Crippen LogP contribution < -0.4 is 10.6 Å². The molecule has 2 atom stereocenters. The number of amides is 2. The molecule has 1 fully saturated rings. The number of aromatic nitrogens is 1. The van der Waals surface area contributed by atoms with E-state index in [1.165, 1.54) is 12.1 Å². The van der Waals surface area contributed by atoms with E-state index in [4.69, 9.17) is 4.74 Å². The summed E-state index contributed by atoms with van der Waals surface area (Å²) in [5.74, 6) is -0.300. The van der Waals surface area contributed by atoms with Crippen molar-refractivity contribution in [1.82, 2.24) is 15.6 Å². The van der Waals surface area contributed by atoms with Gasteiger partial charge in [-0.15, -0.1) is 0 Å². The van der Waals surface area contributed by atoms with Crippen LogP contribution in [0.25, 0.3) is 0 Å². The van der Waals surface area contributed by atoms with Crippen molar-refractivity contribution < 1.29 is 13.9 Å². The van der Waals surface area contributed by atoms with E-state index in [1.807, 2.05) is 19.1 Å². The highest BCUT2D eigenvalue weighted by Crippen LogP contribution is 2.27. The molecule has 5 nitrogen and oxygen atoms in total. The maximum absolute atomic E-state index is 13.2. The Kier molecular flexibility index (Phi) is 5.60. The number of carbonyl (C=O) groups excluding carboxylic acids is 1. The lowest BCUT2D eigenvalue weighted by Gasteiger charge is -2.25. The monoisotopic (exact) mass is 343 g/mol. The van der Waals surface area contributed by atoms with E-state index < -0.39 is 0 Å². The fourth-order valence-corrected chi connectivity index (χ4v) is 2.90. The van der Waals surface area contributed by atoms with E-state index in [0.29, 0.717) is 13.2 Å². The van der Waals surface area contributed by atoms with E-state index in [9.17, 15) is 9.18 Å². The summed E-state index contributed by atoms with van der Waals surface area (Å²) in [4.78, 5) is 16.5. The minimum absolute atomic E-state index is 0.0998. The fourth-order valence-electron chi connectivity index (χ4n) is 2.90. The van der Waals surface area contributed by atoms with Gasteiger partial charge >= 0.3 is 6.03 Å². The van der Waals surface area contributed by atoms with Crippen molar-refractivity contribution in [2.24, 2.45) is 0 Å². The number of nitrogens with zero attached hydrogens (tertiary/aromatic N) is 1. The normalized spacial score (nSPS) is 17.9. The lowest BCUT2D eigenvalue weighted by Crippen LogP contribution is -2.42. The van der Waals surface area contributed by atoms with Crippen LogP contribution in [0, 0.1) is 12.7 Å². The molecular weight excluding hydrogens is 321 g/mol. The summed E-state index contributed by atoms with van der Waals surface area (Å²) in [7, 11) is 0. The van der Waals surface area contributed by atoms with E-state index in [2.05, 4.69) is 15.6 Å². The molecule has 2 N–H and O–H groups in total. The van der Waals surface area contributed by atoms with Gasteiger partial charge in [0.1, 0.15) is 5.82 Å². The van der Waals surface area contributed by atoms with Crippen molar-refractivity contribution in [3.05, 3.63) is 65.2 Å². The Bertz CT molecular complexity index is 698. The zero-order valence-electron chi connectivity index (χ0n) is 14.2. The van der Waals surface area contributed by atoms with Gasteiger partial charge in [-0.05, 0) is 49.1 Å². The molecule has 1 aromatic carbocycles. The summed E-state index contributed by atoms with van der Waals surface area (Å²) in [6.45, 7) is 2.99. The third kappa shape index (κ3) is 4.76. The summed E-state index contributed by atoms with van der Waals surface area (Å²) in [5.41, 5.74) is 2.69. The number of hydrogen-bond acceptors (Lipinski definition) is 3. The number of benzene rings is 1. The predicted octanol–water partition coefficient (Wildman–Crippen LogP) is 3.25. The average Bonchev–Trinajstić information content (AvgIpc) is 3.14. The van der Waals surface area contributed by atoms with E-state index in [1.54, 1.807) is 18.3 Å². The number of aryl methyl sites for hydroxylation is 1. The molecular formula is C19H22FN3O2. The number of carbonyl (C=O) groups is 1. The van der Waals surface area contributed by atoms with Crippen molar-refractivity contribution in [3.63, 3.8) is 0 Å². The molecule has 1 aromatic heterocycles. The van der Waals surface area contributed by atoms with Gasteiger partial charge in [-0.25, -0.2) is 9.18 Å². The molecule has 0 radical (unpaired) electrons. The molecule has 1 aliphatic rings. The van der Waals surface area contributed by atoms with Crippen molar-refractivity contribution >= 4 is 6.03 Å². The number of urea groups is 1. The van der Waals surface area contributed by atoms with Crippen LogP contribution in [0.2, 0.25) is 0 Å². The van der Waals surface area contributed by atoms with Crippen LogP contribution in [0.4, 0.5) is 9.18 Å². The van der Waals surface area contributed by atoms with Crippen LogP contribution in [-0.2, 0) is 11.3 Å². The first kappa shape index (κ1) is 17.4. The first-order valence-electron chi connectivity index (χ1n) is 8.45. The Hall–Kier alpha value is -2.47. The summed E-state index contributed by atoms with van der Waals surface area (Å²) >= 11 is 0. The molecule has 3 rings (SSSR count). The molecule has 1 aliphatic heterocycles. The van der Waals surface area contributed by atoms with E-state index in [0.717, 1.165) is 29.7 Å². The smallest absolute Gasteiger partial charge is 0.315 e. The van der Waals surface area contributed by atoms with Crippen molar-refractivity contribution in [3.8, 4) is 0 Å². The number of hydrogen-bond donors (Lipinski definition) is 2. The van der Waals surface area contributed by atoms with Crippen molar-refractivity contribution in [2.45, 2.75) is 38.5 Å². The van der Waals surface area contributed by atoms with Crippen LogP contribution in [0.5, 0.6) is 0 Å². The third-order valence-corrected chi connectivity index (χ3v) is 4.28. The molecule has 0 saturated carbocycles. The number of rotatable bonds is 5. The Morgan fingerprint density at radius 3 is 2.76 bits per heavy atom. The zero-order valence-corrected chi connectivity index (χ0v) is 14.2. The largest absolute Gasteiger partial charge is 0.376 e. The van der Waals surface area contributed by atoms with Crippen LogP contribution in [0.1, 0.15) is 35.7 Å². The molecule has 2 heterocycles. The van der Waals surface area contributed by atoms with E-state index >= 15 is 0 Å². The van der Waals surface area contributed by atoms with Gasteiger partial charge in [-0.2, -0.15) is 0 Å². The van der Waals surface area contributed by atoms with Crippen LogP contribution in [-0.4, -0.2) is 23.7 Å². The number of halogens is 1. The second-order valence-corrected chi connectivity index (χ2v) is 6.22. The summed E-state index contributed by atoms with van der Waals surface area (Å²) in [6.07, 6.45) is 3.47.